The van der Waals surface area contributed by atoms with E-state index in [2.05, 4.69) is 24.4 Å². The average molecular weight is 538 g/mol. The Hall–Kier alpha value is -3.52. The molecular weight excluding hydrogens is 498 g/mol. The molecule has 0 aliphatic heterocycles. The third kappa shape index (κ3) is 7.74. The van der Waals surface area contributed by atoms with Crippen LogP contribution >= 0.6 is 11.3 Å². The lowest BCUT2D eigenvalue weighted by Gasteiger charge is -2.30. The third-order valence-electron chi connectivity index (χ3n) is 6.56. The highest BCUT2D eigenvalue weighted by molar-refractivity contribution is 7.11. The molecule has 38 heavy (non-hydrogen) atoms. The van der Waals surface area contributed by atoms with Crippen molar-refractivity contribution in [2.45, 2.75) is 53.6 Å². The predicted octanol–water partition coefficient (Wildman–Crippen LogP) is 6.20. The summed E-state index contributed by atoms with van der Waals surface area (Å²) < 4.78 is 10.8. The van der Waals surface area contributed by atoms with Gasteiger partial charge < -0.3 is 24.6 Å². The minimum absolute atomic E-state index is 0.00929. The van der Waals surface area contributed by atoms with Crippen molar-refractivity contribution in [3.63, 3.8) is 0 Å². The number of hydrogen-bond acceptors (Lipinski definition) is 5. The number of aryl methyl sites for hydroxylation is 3. The second-order valence-electron chi connectivity index (χ2n) is 9.72. The highest BCUT2D eigenvalue weighted by Gasteiger charge is 2.24. The van der Waals surface area contributed by atoms with E-state index in [9.17, 15) is 9.59 Å². The van der Waals surface area contributed by atoms with Crippen LogP contribution in [-0.2, 0) is 17.8 Å². The van der Waals surface area contributed by atoms with Crippen LogP contribution in [-0.4, -0.2) is 55.1 Å². The monoisotopic (exact) mass is 537 g/mol. The van der Waals surface area contributed by atoms with Gasteiger partial charge >= 0.3 is 6.03 Å². The number of urea groups is 1. The fraction of sp³-hybridized carbons (Fsp3) is 0.400. The van der Waals surface area contributed by atoms with E-state index in [0.29, 0.717) is 31.0 Å². The van der Waals surface area contributed by atoms with Crippen LogP contribution in [0.5, 0.6) is 11.5 Å². The maximum atomic E-state index is 13.6. The number of amides is 3. The number of thiophene rings is 1. The minimum atomic E-state index is -0.289. The molecule has 0 aliphatic rings. The molecule has 0 radical (unpaired) electrons. The summed E-state index contributed by atoms with van der Waals surface area (Å²) in [5, 5.41) is 2.96. The van der Waals surface area contributed by atoms with E-state index < -0.39 is 0 Å². The van der Waals surface area contributed by atoms with Crippen molar-refractivity contribution < 1.29 is 19.1 Å². The van der Waals surface area contributed by atoms with Crippen molar-refractivity contribution in [1.82, 2.24) is 9.80 Å². The number of carbonyl (C=O) groups excluding carboxylic acids is 2. The van der Waals surface area contributed by atoms with E-state index >= 15 is 0 Å². The molecular formula is C30H39N3O4S. The highest BCUT2D eigenvalue weighted by atomic mass is 32.1. The molecule has 0 bridgehead atoms. The van der Waals surface area contributed by atoms with Gasteiger partial charge in [-0.05, 0) is 94.1 Å². The van der Waals surface area contributed by atoms with Crippen molar-refractivity contribution in [2.75, 3.05) is 32.6 Å². The maximum Gasteiger partial charge on any atom is 0.322 e. The van der Waals surface area contributed by atoms with Gasteiger partial charge in [0.2, 0.25) is 5.91 Å². The Morgan fingerprint density at radius 2 is 1.66 bits per heavy atom. The molecule has 0 saturated carbocycles. The highest BCUT2D eigenvalue weighted by Crippen LogP contribution is 2.28. The fourth-order valence-electron chi connectivity index (χ4n) is 4.10. The van der Waals surface area contributed by atoms with Crippen molar-refractivity contribution in [3.8, 4) is 11.5 Å². The van der Waals surface area contributed by atoms with Gasteiger partial charge in [0.25, 0.3) is 0 Å². The maximum absolute atomic E-state index is 13.6. The van der Waals surface area contributed by atoms with Crippen molar-refractivity contribution in [3.05, 3.63) is 75.0 Å². The van der Waals surface area contributed by atoms with Gasteiger partial charge in [0.1, 0.15) is 6.54 Å². The van der Waals surface area contributed by atoms with Crippen LogP contribution in [0.2, 0.25) is 0 Å². The van der Waals surface area contributed by atoms with E-state index in [1.165, 1.54) is 4.88 Å². The summed E-state index contributed by atoms with van der Waals surface area (Å²) in [5.41, 5.74) is 4.02. The second-order valence-corrected chi connectivity index (χ2v) is 11.1. The first-order valence-corrected chi connectivity index (χ1v) is 13.6. The molecule has 8 heteroatoms. The van der Waals surface area contributed by atoms with Gasteiger partial charge in [-0.25, -0.2) is 4.79 Å². The molecule has 2 aromatic carbocycles. The Morgan fingerprint density at radius 3 is 2.26 bits per heavy atom. The Bertz CT molecular complexity index is 1250. The van der Waals surface area contributed by atoms with Crippen LogP contribution in [0.1, 0.15) is 40.3 Å². The van der Waals surface area contributed by atoms with Crippen LogP contribution in [0, 0.1) is 20.8 Å². The fourth-order valence-corrected chi connectivity index (χ4v) is 5.01. The molecule has 1 heterocycles. The SMILES string of the molecule is COc1ccc(CCN(Cc2ccc(C)s2)C(=O)CN(C(=O)Nc2ccc(C)c(C)c2)C(C)C)cc1OC. The second kappa shape index (κ2) is 13.3. The van der Waals surface area contributed by atoms with Gasteiger partial charge in [0.15, 0.2) is 11.5 Å². The Balaban J connectivity index is 1.76. The van der Waals surface area contributed by atoms with Crippen LogP contribution in [0.4, 0.5) is 10.5 Å². The standard InChI is InChI=1S/C30H39N3O4S/c1-20(2)33(30(35)31-25-11-8-21(3)22(4)16-25)19-29(34)32(18-26-12-9-23(5)38-26)15-14-24-10-13-27(36-6)28(17-24)37-7/h8-13,16-17,20H,14-15,18-19H2,1-7H3,(H,31,35). The number of ether oxygens (including phenoxy) is 2. The topological polar surface area (TPSA) is 71.1 Å². The lowest BCUT2D eigenvalue weighted by atomic mass is 10.1. The number of benzene rings is 2. The van der Waals surface area contributed by atoms with Crippen LogP contribution in [0.3, 0.4) is 0 Å². The number of rotatable bonds is 11. The molecule has 0 aliphatic carbocycles. The number of anilines is 1. The zero-order valence-electron chi connectivity index (χ0n) is 23.5. The summed E-state index contributed by atoms with van der Waals surface area (Å²) in [4.78, 5) is 32.6. The molecule has 1 aromatic heterocycles. The van der Waals surface area contributed by atoms with Gasteiger partial charge in [0, 0.05) is 28.0 Å². The predicted molar refractivity (Wildman–Crippen MR) is 154 cm³/mol. The quantitative estimate of drug-likeness (QED) is 0.316. The van der Waals surface area contributed by atoms with E-state index in [0.717, 1.165) is 27.3 Å². The lowest BCUT2D eigenvalue weighted by Crippen LogP contribution is -2.47. The summed E-state index contributed by atoms with van der Waals surface area (Å²) >= 11 is 1.68. The van der Waals surface area contributed by atoms with E-state index in [1.54, 1.807) is 30.5 Å². The van der Waals surface area contributed by atoms with Gasteiger partial charge in [-0.1, -0.05) is 12.1 Å². The molecule has 3 rings (SSSR count). The smallest absolute Gasteiger partial charge is 0.322 e. The van der Waals surface area contributed by atoms with E-state index in [1.807, 2.05) is 69.0 Å². The Morgan fingerprint density at radius 1 is 0.921 bits per heavy atom. The molecule has 0 fully saturated rings. The normalized spacial score (nSPS) is 10.8. The van der Waals surface area contributed by atoms with Crippen molar-refractivity contribution >= 4 is 29.0 Å². The van der Waals surface area contributed by atoms with Crippen molar-refractivity contribution in [1.29, 1.82) is 0 Å². The number of nitrogens with one attached hydrogen (secondary N) is 1. The molecule has 0 unspecified atom stereocenters. The first kappa shape index (κ1) is 29.0. The summed E-state index contributed by atoms with van der Waals surface area (Å²) in [7, 11) is 3.22. The summed E-state index contributed by atoms with van der Waals surface area (Å²) in [5.74, 6) is 1.23. The lowest BCUT2D eigenvalue weighted by molar-refractivity contribution is -0.132. The summed E-state index contributed by atoms with van der Waals surface area (Å²) in [6.45, 7) is 10.9. The summed E-state index contributed by atoms with van der Waals surface area (Å²) in [6.07, 6.45) is 0.646. The van der Waals surface area contributed by atoms with Gasteiger partial charge in [-0.15, -0.1) is 11.3 Å². The zero-order chi connectivity index (χ0) is 27.8. The van der Waals surface area contributed by atoms with Gasteiger partial charge in [-0.2, -0.15) is 0 Å². The van der Waals surface area contributed by atoms with E-state index in [-0.39, 0.29) is 24.5 Å². The van der Waals surface area contributed by atoms with Crippen LogP contribution in [0.15, 0.2) is 48.5 Å². The number of methoxy groups -OCH3 is 2. The molecule has 0 atom stereocenters. The number of nitrogens with zero attached hydrogens (tertiary/aromatic N) is 2. The minimum Gasteiger partial charge on any atom is -0.493 e. The molecule has 0 saturated heterocycles. The van der Waals surface area contributed by atoms with Crippen LogP contribution in [0.25, 0.3) is 0 Å². The molecule has 3 amide bonds. The number of hydrogen-bond donors (Lipinski definition) is 1. The Labute approximate surface area is 230 Å². The van der Waals surface area contributed by atoms with Crippen LogP contribution < -0.4 is 14.8 Å². The molecule has 7 nitrogen and oxygen atoms in total. The molecule has 3 aromatic rings. The van der Waals surface area contributed by atoms with E-state index in [4.69, 9.17) is 9.47 Å². The average Bonchev–Trinajstić information content (AvgIpc) is 3.30. The van der Waals surface area contributed by atoms with Gasteiger partial charge in [-0.3, -0.25) is 4.79 Å². The largest absolute Gasteiger partial charge is 0.493 e. The molecule has 204 valence electrons. The zero-order valence-corrected chi connectivity index (χ0v) is 24.3. The first-order valence-electron chi connectivity index (χ1n) is 12.8. The first-order chi connectivity index (χ1) is 18.1. The van der Waals surface area contributed by atoms with Gasteiger partial charge in [0.05, 0.1) is 20.8 Å². The third-order valence-corrected chi connectivity index (χ3v) is 7.55. The number of carbonyl (C=O) groups is 2. The molecule has 1 N–H and O–H groups in total. The Kier molecular flexibility index (Phi) is 10.2. The summed E-state index contributed by atoms with van der Waals surface area (Å²) in [6, 6.07) is 15.3. The van der Waals surface area contributed by atoms with Crippen molar-refractivity contribution in [2.24, 2.45) is 0 Å². The molecule has 0 spiro atoms.